The summed E-state index contributed by atoms with van der Waals surface area (Å²) in [4.78, 5) is 1.42. The van der Waals surface area contributed by atoms with Crippen LogP contribution < -0.4 is 24.0 Å². The zero-order valence-corrected chi connectivity index (χ0v) is 5.06. The van der Waals surface area contributed by atoms with Crippen molar-refractivity contribution in [3.05, 3.63) is 12.5 Å². The molecule has 0 spiro atoms. The van der Waals surface area contributed by atoms with Gasteiger partial charge in [-0.1, -0.05) is 12.5 Å². The zero-order chi connectivity index (χ0) is 5.15. The largest absolute Gasteiger partial charge is 1.00 e. The molecule has 0 aromatic rings. The maximum absolute atomic E-state index is 9.96. The van der Waals surface area contributed by atoms with Crippen LogP contribution in [0.3, 0.4) is 0 Å². The summed E-state index contributed by atoms with van der Waals surface area (Å²) < 4.78 is 0. The van der Waals surface area contributed by atoms with Gasteiger partial charge in [0.2, 0.25) is 0 Å². The third-order valence-corrected chi connectivity index (χ3v) is 0.499. The Labute approximate surface area is 56.0 Å². The molecule has 0 aromatic heterocycles. The van der Waals surface area contributed by atoms with E-state index in [2.05, 4.69) is 6.58 Å². The Balaban J connectivity index is 0. The van der Waals surface area contributed by atoms with Crippen molar-refractivity contribution in [3.8, 4) is 0 Å². The summed E-state index contributed by atoms with van der Waals surface area (Å²) in [5.41, 5.74) is 0. The molecule has 0 fully saturated rings. The first-order valence-corrected chi connectivity index (χ1v) is 1.68. The van der Waals surface area contributed by atoms with Gasteiger partial charge in [0.25, 0.3) is 0 Å². The Kier molecular flexibility index (Phi) is 5.88. The van der Waals surface area contributed by atoms with Gasteiger partial charge in [-0.25, -0.2) is 0 Å². The molecule has 0 radical (unpaired) electrons. The van der Waals surface area contributed by atoms with E-state index in [0.29, 0.717) is 0 Å². The van der Waals surface area contributed by atoms with E-state index in [1.165, 1.54) is 4.90 Å². The van der Waals surface area contributed by atoms with Gasteiger partial charge in [0, 0.05) is 14.1 Å². The summed E-state index contributed by atoms with van der Waals surface area (Å²) >= 11 is 0. The summed E-state index contributed by atoms with van der Waals surface area (Å²) in [6.45, 7) is 3.12. The van der Waals surface area contributed by atoms with Crippen molar-refractivity contribution in [2.24, 2.45) is 0 Å². The van der Waals surface area contributed by atoms with Gasteiger partial charge >= 0.3 is 18.9 Å². The molecule has 0 aliphatic carbocycles. The summed E-state index contributed by atoms with van der Waals surface area (Å²) in [7, 11) is 3.32. The third kappa shape index (κ3) is 5.94. The number of rotatable bonds is 1. The van der Waals surface area contributed by atoms with E-state index in [-0.39, 0.29) is 24.7 Å². The van der Waals surface area contributed by atoms with Crippen LogP contribution in [0, 0.1) is 0 Å². The minimum absolute atomic E-state index is 0. The molecule has 0 atom stereocenters. The standard InChI is InChI=1S/C4H9NO.Li/c1-4(6)5(2)3;/h6H,1H2,2-3H3;/q;+1/p-1. The molecule has 2 nitrogen and oxygen atoms in total. The average Bonchev–Trinajstić information content (AvgIpc) is 1.36. The summed E-state index contributed by atoms with van der Waals surface area (Å²) in [6.07, 6.45) is 0. The van der Waals surface area contributed by atoms with E-state index >= 15 is 0 Å². The maximum atomic E-state index is 9.96. The minimum Gasteiger partial charge on any atom is -0.861 e. The first-order chi connectivity index (χ1) is 2.64. The molecule has 0 amide bonds. The van der Waals surface area contributed by atoms with E-state index in [4.69, 9.17) is 0 Å². The first-order valence-electron chi connectivity index (χ1n) is 1.68. The van der Waals surface area contributed by atoms with Gasteiger partial charge in [-0.3, -0.25) is 0 Å². The van der Waals surface area contributed by atoms with Crippen molar-refractivity contribution < 1.29 is 24.0 Å². The van der Waals surface area contributed by atoms with Crippen molar-refractivity contribution in [1.29, 1.82) is 0 Å². The zero-order valence-electron chi connectivity index (χ0n) is 5.06. The van der Waals surface area contributed by atoms with E-state index < -0.39 is 0 Å². The number of hydrogen-bond acceptors (Lipinski definition) is 2. The first kappa shape index (κ1) is 10.0. The summed E-state index contributed by atoms with van der Waals surface area (Å²) in [6, 6.07) is 0. The third-order valence-electron chi connectivity index (χ3n) is 0.499. The molecule has 36 valence electrons. The summed E-state index contributed by atoms with van der Waals surface area (Å²) in [5.74, 6) is -0.157. The molecular weight excluding hydrogens is 85.0 g/mol. The Morgan fingerprint density at radius 2 is 1.71 bits per heavy atom. The second-order valence-electron chi connectivity index (χ2n) is 1.29. The fourth-order valence-electron chi connectivity index (χ4n) is 0. The van der Waals surface area contributed by atoms with Crippen LogP contribution in [-0.2, 0) is 0 Å². The monoisotopic (exact) mass is 93.1 g/mol. The van der Waals surface area contributed by atoms with Crippen molar-refractivity contribution in [2.45, 2.75) is 0 Å². The molecule has 7 heavy (non-hydrogen) atoms. The van der Waals surface area contributed by atoms with Crippen LogP contribution in [0.4, 0.5) is 0 Å². The van der Waals surface area contributed by atoms with Crippen LogP contribution >= 0.6 is 0 Å². The molecule has 0 aliphatic rings. The van der Waals surface area contributed by atoms with Crippen molar-refractivity contribution in [2.75, 3.05) is 14.1 Å². The van der Waals surface area contributed by atoms with Gasteiger partial charge in [0.1, 0.15) is 0 Å². The Morgan fingerprint density at radius 1 is 1.57 bits per heavy atom. The van der Waals surface area contributed by atoms with E-state index in [1.807, 2.05) is 0 Å². The van der Waals surface area contributed by atoms with Crippen molar-refractivity contribution in [1.82, 2.24) is 4.90 Å². The Morgan fingerprint density at radius 3 is 1.71 bits per heavy atom. The van der Waals surface area contributed by atoms with Gasteiger partial charge in [0.15, 0.2) is 0 Å². The quantitative estimate of drug-likeness (QED) is 0.247. The van der Waals surface area contributed by atoms with E-state index in [1.54, 1.807) is 14.1 Å². The topological polar surface area (TPSA) is 26.3 Å². The second-order valence-corrected chi connectivity index (χ2v) is 1.29. The van der Waals surface area contributed by atoms with Gasteiger partial charge < -0.3 is 10.0 Å². The molecule has 0 aromatic carbocycles. The van der Waals surface area contributed by atoms with E-state index in [9.17, 15) is 5.11 Å². The predicted octanol–water partition coefficient (Wildman–Crippen LogP) is -3.62. The molecule has 0 aliphatic heterocycles. The Bertz CT molecular complexity index is 62.7. The van der Waals surface area contributed by atoms with Gasteiger partial charge in [-0.2, -0.15) is 0 Å². The number of hydrogen-bond donors (Lipinski definition) is 0. The van der Waals surface area contributed by atoms with Crippen molar-refractivity contribution >= 4 is 0 Å². The second kappa shape index (κ2) is 4.11. The molecule has 0 saturated carbocycles. The molecule has 0 rings (SSSR count). The van der Waals surface area contributed by atoms with Crippen molar-refractivity contribution in [3.63, 3.8) is 0 Å². The van der Waals surface area contributed by atoms with Gasteiger partial charge in [-0.05, 0) is 0 Å². The SMILES string of the molecule is C=C([O-])N(C)C.[Li+]. The molecule has 0 unspecified atom stereocenters. The smallest absolute Gasteiger partial charge is 0.861 e. The van der Waals surface area contributed by atoms with Crippen LogP contribution in [-0.4, -0.2) is 19.0 Å². The fraction of sp³-hybridized carbons (Fsp3) is 0.500. The Hall–Kier alpha value is -0.0626. The molecular formula is C4H8LiNO. The molecule has 0 N–H and O–H groups in total. The molecule has 0 bridgehead atoms. The van der Waals surface area contributed by atoms with Gasteiger partial charge in [0.05, 0.1) is 0 Å². The maximum Gasteiger partial charge on any atom is 1.00 e. The predicted molar refractivity (Wildman–Crippen MR) is 22.8 cm³/mol. The van der Waals surface area contributed by atoms with Crippen LogP contribution in [0.5, 0.6) is 0 Å². The van der Waals surface area contributed by atoms with Crippen LogP contribution in [0.25, 0.3) is 0 Å². The average molecular weight is 93.1 g/mol. The molecule has 0 heterocycles. The normalized spacial score (nSPS) is 6.57. The minimum atomic E-state index is -0.157. The van der Waals surface area contributed by atoms with Crippen LogP contribution in [0.15, 0.2) is 12.5 Å². The summed E-state index contributed by atoms with van der Waals surface area (Å²) in [5, 5.41) is 9.96. The fourth-order valence-corrected chi connectivity index (χ4v) is 0. The molecule has 3 heteroatoms. The van der Waals surface area contributed by atoms with Crippen LogP contribution in [0.2, 0.25) is 0 Å². The van der Waals surface area contributed by atoms with E-state index in [0.717, 1.165) is 0 Å². The van der Waals surface area contributed by atoms with Gasteiger partial charge in [-0.15, -0.1) is 0 Å². The number of nitrogens with zero attached hydrogens (tertiary/aromatic N) is 1. The van der Waals surface area contributed by atoms with Crippen LogP contribution in [0.1, 0.15) is 0 Å². The molecule has 0 saturated heterocycles.